The van der Waals surface area contributed by atoms with E-state index in [1.165, 1.54) is 18.1 Å². The summed E-state index contributed by atoms with van der Waals surface area (Å²) in [6.07, 6.45) is 1.58. The molecule has 1 amide bonds. The molecule has 2 aromatic carbocycles. The van der Waals surface area contributed by atoms with Gasteiger partial charge in [-0.3, -0.25) is 9.69 Å². The first-order valence-corrected chi connectivity index (χ1v) is 9.93. The number of methoxy groups -OCH3 is 1. The molecule has 2 aliphatic rings. The van der Waals surface area contributed by atoms with Crippen LogP contribution in [0.3, 0.4) is 0 Å². The first-order valence-electron chi connectivity index (χ1n) is 9.93. The number of benzene rings is 2. The Hall–Kier alpha value is -3.41. The minimum absolute atomic E-state index is 0.0410. The molecule has 154 valence electrons. The van der Waals surface area contributed by atoms with Gasteiger partial charge in [-0.25, -0.2) is 9.59 Å². The van der Waals surface area contributed by atoms with Crippen LogP contribution in [-0.4, -0.2) is 42.0 Å². The molecule has 0 heterocycles. The van der Waals surface area contributed by atoms with E-state index in [4.69, 9.17) is 9.47 Å². The Morgan fingerprint density at radius 3 is 2.23 bits per heavy atom. The first kappa shape index (κ1) is 19.9. The zero-order chi connectivity index (χ0) is 21.3. The third kappa shape index (κ3) is 2.83. The summed E-state index contributed by atoms with van der Waals surface area (Å²) in [7, 11) is 1.25. The summed E-state index contributed by atoms with van der Waals surface area (Å²) in [4.78, 5) is 40.9. The molecule has 6 heteroatoms. The standard InChI is InChI=1S/C24H23NO5/c1-3-15-30-22(27)24(14-8-13-20(24)26)25(23(28)29-2)21-18-11-6-4-9-16(18)17-10-5-7-12-19(17)21/h3-7,9-12,21H,1,8,13-15H2,2H3. The second-order valence-corrected chi connectivity index (χ2v) is 7.44. The van der Waals surface area contributed by atoms with Crippen molar-refractivity contribution in [3.05, 3.63) is 72.3 Å². The second-order valence-electron chi connectivity index (χ2n) is 7.44. The van der Waals surface area contributed by atoms with Gasteiger partial charge in [-0.2, -0.15) is 0 Å². The SMILES string of the molecule is C=CCOC(=O)C1(N(C(=O)OC)C2c3ccccc3-c3ccccc32)CCCC1=O. The Labute approximate surface area is 175 Å². The lowest BCUT2D eigenvalue weighted by atomic mass is 9.89. The summed E-state index contributed by atoms with van der Waals surface area (Å²) < 4.78 is 10.4. The summed E-state index contributed by atoms with van der Waals surface area (Å²) in [5, 5.41) is 0. The number of hydrogen-bond acceptors (Lipinski definition) is 5. The van der Waals surface area contributed by atoms with E-state index in [0.717, 1.165) is 22.3 Å². The smallest absolute Gasteiger partial charge is 0.411 e. The quantitative estimate of drug-likeness (QED) is 0.426. The predicted molar refractivity (Wildman–Crippen MR) is 111 cm³/mol. The fourth-order valence-electron chi connectivity index (χ4n) is 4.66. The highest BCUT2D eigenvalue weighted by Gasteiger charge is 2.60. The molecular formula is C24H23NO5. The van der Waals surface area contributed by atoms with E-state index in [-0.39, 0.29) is 25.2 Å². The fraction of sp³-hybridized carbons (Fsp3) is 0.292. The molecule has 2 aliphatic carbocycles. The van der Waals surface area contributed by atoms with Crippen molar-refractivity contribution in [3.8, 4) is 11.1 Å². The molecule has 1 fully saturated rings. The van der Waals surface area contributed by atoms with Gasteiger partial charge in [0.15, 0.2) is 5.78 Å². The summed E-state index contributed by atoms with van der Waals surface area (Å²) in [5.74, 6) is -1.07. The van der Waals surface area contributed by atoms with Gasteiger partial charge in [0.1, 0.15) is 6.61 Å². The van der Waals surface area contributed by atoms with Crippen molar-refractivity contribution in [1.29, 1.82) is 0 Å². The van der Waals surface area contributed by atoms with E-state index in [2.05, 4.69) is 6.58 Å². The molecule has 0 bridgehead atoms. The Bertz CT molecular complexity index is 984. The number of hydrogen-bond donors (Lipinski definition) is 0. The highest BCUT2D eigenvalue weighted by atomic mass is 16.6. The third-order valence-corrected chi connectivity index (χ3v) is 5.92. The molecule has 1 saturated carbocycles. The maximum absolute atomic E-state index is 13.2. The van der Waals surface area contributed by atoms with Gasteiger partial charge in [0.25, 0.3) is 0 Å². The molecular weight excluding hydrogens is 382 g/mol. The van der Waals surface area contributed by atoms with Crippen LogP contribution in [0.15, 0.2) is 61.2 Å². The van der Waals surface area contributed by atoms with Crippen molar-refractivity contribution in [2.75, 3.05) is 13.7 Å². The van der Waals surface area contributed by atoms with Crippen LogP contribution in [0.1, 0.15) is 36.4 Å². The molecule has 0 spiro atoms. The van der Waals surface area contributed by atoms with Gasteiger partial charge in [-0.15, -0.1) is 0 Å². The minimum atomic E-state index is -1.73. The Morgan fingerprint density at radius 1 is 1.13 bits per heavy atom. The van der Waals surface area contributed by atoms with Crippen LogP contribution < -0.4 is 0 Å². The van der Waals surface area contributed by atoms with E-state index in [0.29, 0.717) is 6.42 Å². The van der Waals surface area contributed by atoms with Crippen molar-refractivity contribution in [2.45, 2.75) is 30.8 Å². The highest BCUT2D eigenvalue weighted by molar-refractivity contribution is 6.12. The lowest BCUT2D eigenvalue weighted by molar-refractivity contribution is -0.160. The van der Waals surface area contributed by atoms with Crippen molar-refractivity contribution in [3.63, 3.8) is 0 Å². The number of nitrogens with zero attached hydrogens (tertiary/aromatic N) is 1. The van der Waals surface area contributed by atoms with E-state index in [1.807, 2.05) is 48.5 Å². The molecule has 1 atom stereocenters. The number of carbonyl (C=O) groups is 3. The molecule has 0 saturated heterocycles. The van der Waals surface area contributed by atoms with Gasteiger partial charge < -0.3 is 9.47 Å². The number of ketones is 1. The Kier molecular flexibility index (Phi) is 5.16. The number of ether oxygens (including phenoxy) is 2. The zero-order valence-electron chi connectivity index (χ0n) is 16.8. The van der Waals surface area contributed by atoms with Crippen LogP contribution in [0.4, 0.5) is 4.79 Å². The summed E-state index contributed by atoms with van der Waals surface area (Å²) in [6, 6.07) is 14.8. The molecule has 0 aromatic heterocycles. The van der Waals surface area contributed by atoms with Gasteiger partial charge in [0, 0.05) is 6.42 Å². The van der Waals surface area contributed by atoms with Crippen LogP contribution >= 0.6 is 0 Å². The van der Waals surface area contributed by atoms with Gasteiger partial charge in [-0.05, 0) is 35.1 Å². The summed E-state index contributed by atoms with van der Waals surface area (Å²) in [6.45, 7) is 3.53. The number of fused-ring (bicyclic) bond motifs is 3. The van der Waals surface area contributed by atoms with E-state index < -0.39 is 23.6 Å². The number of rotatable bonds is 5. The van der Waals surface area contributed by atoms with Gasteiger partial charge in [0.2, 0.25) is 5.54 Å². The Balaban J connectivity index is 1.94. The van der Waals surface area contributed by atoms with Crippen molar-refractivity contribution in [2.24, 2.45) is 0 Å². The van der Waals surface area contributed by atoms with Gasteiger partial charge >= 0.3 is 12.1 Å². The topological polar surface area (TPSA) is 72.9 Å². The maximum atomic E-state index is 13.2. The number of amides is 1. The average Bonchev–Trinajstić information content (AvgIpc) is 3.32. The molecule has 30 heavy (non-hydrogen) atoms. The molecule has 6 nitrogen and oxygen atoms in total. The summed E-state index contributed by atoms with van der Waals surface area (Å²) >= 11 is 0. The predicted octanol–water partition coefficient (Wildman–Crippen LogP) is 4.05. The van der Waals surface area contributed by atoms with Crippen LogP contribution in [0.5, 0.6) is 0 Å². The first-order chi connectivity index (χ1) is 14.6. The molecule has 1 unspecified atom stereocenters. The van der Waals surface area contributed by atoms with Crippen molar-refractivity contribution < 1.29 is 23.9 Å². The molecule has 4 rings (SSSR count). The second kappa shape index (κ2) is 7.78. The van der Waals surface area contributed by atoms with Gasteiger partial charge in [-0.1, -0.05) is 61.2 Å². The van der Waals surface area contributed by atoms with Crippen molar-refractivity contribution in [1.82, 2.24) is 4.90 Å². The van der Waals surface area contributed by atoms with E-state index in [1.54, 1.807) is 0 Å². The van der Waals surface area contributed by atoms with Crippen LogP contribution in [0.2, 0.25) is 0 Å². The minimum Gasteiger partial charge on any atom is -0.459 e. The number of carbonyl (C=O) groups excluding carboxylic acids is 3. The average molecular weight is 405 g/mol. The molecule has 0 aliphatic heterocycles. The molecule has 0 radical (unpaired) electrons. The van der Waals surface area contributed by atoms with E-state index in [9.17, 15) is 14.4 Å². The number of esters is 1. The molecule has 2 aromatic rings. The third-order valence-electron chi connectivity index (χ3n) is 5.92. The fourth-order valence-corrected chi connectivity index (χ4v) is 4.66. The van der Waals surface area contributed by atoms with Crippen LogP contribution in [0.25, 0.3) is 11.1 Å². The van der Waals surface area contributed by atoms with Gasteiger partial charge in [0.05, 0.1) is 13.2 Å². The lowest BCUT2D eigenvalue weighted by Gasteiger charge is -2.41. The highest BCUT2D eigenvalue weighted by Crippen LogP contribution is 2.50. The van der Waals surface area contributed by atoms with Crippen LogP contribution in [0, 0.1) is 0 Å². The van der Waals surface area contributed by atoms with E-state index >= 15 is 0 Å². The monoisotopic (exact) mass is 405 g/mol. The van der Waals surface area contributed by atoms with Crippen molar-refractivity contribution >= 4 is 17.8 Å². The normalized spacial score (nSPS) is 19.7. The summed E-state index contributed by atoms with van der Waals surface area (Å²) in [5.41, 5.74) is 1.89. The maximum Gasteiger partial charge on any atom is 0.411 e. The largest absolute Gasteiger partial charge is 0.459 e. The zero-order valence-corrected chi connectivity index (χ0v) is 16.8. The Morgan fingerprint density at radius 2 is 1.73 bits per heavy atom. The molecule has 0 N–H and O–H groups in total. The number of Topliss-reactive ketones (excluding diaryl/α,β-unsaturated/α-hetero) is 1. The lowest BCUT2D eigenvalue weighted by Crippen LogP contribution is -2.61. The van der Waals surface area contributed by atoms with Crippen LogP contribution in [-0.2, 0) is 19.1 Å².